The number of aliphatic imine (C=N–C) groups is 1. The highest BCUT2D eigenvalue weighted by Crippen LogP contribution is 2.34. The normalized spacial score (nSPS) is 29.4. The van der Waals surface area contributed by atoms with Gasteiger partial charge < -0.3 is 20.7 Å². The molecule has 0 radical (unpaired) electrons. The van der Waals surface area contributed by atoms with E-state index in [9.17, 15) is 4.79 Å². The molecule has 2 rings (SSSR count). The molecule has 2 aliphatic rings. The zero-order chi connectivity index (χ0) is 13.7. The van der Waals surface area contributed by atoms with Crippen molar-refractivity contribution >= 4 is 11.9 Å². The lowest BCUT2D eigenvalue weighted by atomic mass is 9.96. The third-order valence-electron chi connectivity index (χ3n) is 3.53. The monoisotopic (exact) mass is 268 g/mol. The molecule has 1 amide bonds. The van der Waals surface area contributed by atoms with Gasteiger partial charge in [0.05, 0.1) is 18.2 Å². The van der Waals surface area contributed by atoms with E-state index >= 15 is 0 Å². The Kier molecular flexibility index (Phi) is 5.01. The molecule has 3 N–H and O–H groups in total. The van der Waals surface area contributed by atoms with Crippen molar-refractivity contribution in [2.45, 2.75) is 51.4 Å². The Hall–Kier alpha value is -1.30. The molecule has 19 heavy (non-hydrogen) atoms. The molecule has 2 saturated heterocycles. The van der Waals surface area contributed by atoms with Gasteiger partial charge in [0.25, 0.3) is 0 Å². The quantitative estimate of drug-likeness (QED) is 0.484. The number of amides is 1. The molecule has 2 fully saturated rings. The topological polar surface area (TPSA) is 74.8 Å². The number of rotatable bonds is 5. The van der Waals surface area contributed by atoms with Crippen LogP contribution in [0.4, 0.5) is 0 Å². The third kappa shape index (κ3) is 3.83. The van der Waals surface area contributed by atoms with Crippen LogP contribution in [0, 0.1) is 0 Å². The number of carbonyl (C=O) groups is 1. The Bertz CT molecular complexity index is 346. The molecule has 0 saturated carbocycles. The van der Waals surface area contributed by atoms with Gasteiger partial charge in [-0.05, 0) is 33.1 Å². The Morgan fingerprint density at radius 2 is 2.05 bits per heavy atom. The summed E-state index contributed by atoms with van der Waals surface area (Å²) in [6.45, 7) is 5.49. The maximum Gasteiger partial charge on any atom is 0.241 e. The van der Waals surface area contributed by atoms with Gasteiger partial charge in [-0.15, -0.1) is 0 Å². The Labute approximate surface area is 114 Å². The highest BCUT2D eigenvalue weighted by molar-refractivity contribution is 5.85. The molecule has 2 aliphatic heterocycles. The van der Waals surface area contributed by atoms with Crippen LogP contribution in [0.1, 0.15) is 33.1 Å². The van der Waals surface area contributed by atoms with Gasteiger partial charge in [-0.2, -0.15) is 0 Å². The van der Waals surface area contributed by atoms with Crippen LogP contribution in [0.15, 0.2) is 4.99 Å². The summed E-state index contributed by atoms with van der Waals surface area (Å²) in [5.41, 5.74) is 0. The van der Waals surface area contributed by atoms with Crippen LogP contribution in [0.5, 0.6) is 0 Å². The van der Waals surface area contributed by atoms with Crippen molar-refractivity contribution in [3.8, 4) is 0 Å². The summed E-state index contributed by atoms with van der Waals surface area (Å²) in [6.07, 6.45) is 4.05. The minimum absolute atomic E-state index is 0.0519. The van der Waals surface area contributed by atoms with Crippen molar-refractivity contribution in [3.63, 3.8) is 0 Å². The highest BCUT2D eigenvalue weighted by Gasteiger charge is 2.41. The summed E-state index contributed by atoms with van der Waals surface area (Å²) in [5, 5.41) is 9.29. The van der Waals surface area contributed by atoms with Crippen molar-refractivity contribution in [2.75, 3.05) is 19.6 Å². The van der Waals surface area contributed by atoms with Crippen molar-refractivity contribution in [1.29, 1.82) is 0 Å². The van der Waals surface area contributed by atoms with Gasteiger partial charge in [0.1, 0.15) is 6.54 Å². The fourth-order valence-electron chi connectivity index (χ4n) is 2.69. The number of likely N-dealkylation sites (N-methyl/N-ethyl adjacent to an activating group) is 1. The van der Waals surface area contributed by atoms with Crippen LogP contribution >= 0.6 is 0 Å². The average molecular weight is 268 g/mol. The van der Waals surface area contributed by atoms with E-state index in [1.807, 2.05) is 13.8 Å². The number of nitrogens with zero attached hydrogens (tertiary/aromatic N) is 1. The second-order valence-corrected chi connectivity index (χ2v) is 5.01. The first-order valence-corrected chi connectivity index (χ1v) is 7.20. The van der Waals surface area contributed by atoms with Gasteiger partial charge in [0, 0.05) is 13.1 Å². The Morgan fingerprint density at radius 3 is 2.63 bits per heavy atom. The molecule has 2 heterocycles. The van der Waals surface area contributed by atoms with E-state index in [1.165, 1.54) is 6.42 Å². The molecule has 0 spiro atoms. The van der Waals surface area contributed by atoms with Crippen molar-refractivity contribution in [2.24, 2.45) is 4.99 Å². The van der Waals surface area contributed by atoms with Crippen LogP contribution in [0.25, 0.3) is 0 Å². The summed E-state index contributed by atoms with van der Waals surface area (Å²) in [6, 6.07) is 0.325. The first-order chi connectivity index (χ1) is 9.22. The zero-order valence-corrected chi connectivity index (χ0v) is 11.7. The van der Waals surface area contributed by atoms with E-state index in [1.54, 1.807) is 0 Å². The van der Waals surface area contributed by atoms with E-state index in [4.69, 9.17) is 4.74 Å². The molecule has 0 aromatic carbocycles. The first-order valence-electron chi connectivity index (χ1n) is 7.20. The molecule has 6 heteroatoms. The van der Waals surface area contributed by atoms with Gasteiger partial charge in [0.15, 0.2) is 5.96 Å². The Balaban J connectivity index is 1.85. The van der Waals surface area contributed by atoms with E-state index < -0.39 is 0 Å². The number of hydrogen-bond donors (Lipinski definition) is 3. The summed E-state index contributed by atoms with van der Waals surface area (Å²) < 4.78 is 5.80. The molecule has 3 atom stereocenters. The standard InChI is InChI=1S/C13H24N4O2/c1-3-14-12(18)8-16-13(15-4-2)17-10-7-9-5-6-11(10)19-9/h9-11H,3-8H2,1-2H3,(H,14,18)(H2,15,16,17). The number of ether oxygens (including phenoxy) is 1. The minimum atomic E-state index is -0.0519. The molecule has 0 aromatic rings. The summed E-state index contributed by atoms with van der Waals surface area (Å²) >= 11 is 0. The van der Waals surface area contributed by atoms with Crippen molar-refractivity contribution in [3.05, 3.63) is 0 Å². The molecule has 108 valence electrons. The molecule has 0 aromatic heterocycles. The lowest BCUT2D eigenvalue weighted by Gasteiger charge is -2.22. The fourth-order valence-corrected chi connectivity index (χ4v) is 2.69. The number of carbonyl (C=O) groups excluding carboxylic acids is 1. The van der Waals surface area contributed by atoms with Gasteiger partial charge in [0.2, 0.25) is 5.91 Å². The van der Waals surface area contributed by atoms with Gasteiger partial charge in [-0.25, -0.2) is 4.99 Å². The predicted octanol–water partition coefficient (Wildman–Crippen LogP) is -0.00250. The third-order valence-corrected chi connectivity index (χ3v) is 3.53. The average Bonchev–Trinajstić information content (AvgIpc) is 2.99. The van der Waals surface area contributed by atoms with Crippen molar-refractivity contribution in [1.82, 2.24) is 16.0 Å². The maximum atomic E-state index is 11.4. The van der Waals surface area contributed by atoms with E-state index in [0.717, 1.165) is 19.4 Å². The number of guanidine groups is 1. The number of fused-ring (bicyclic) bond motifs is 2. The summed E-state index contributed by atoms with van der Waals surface area (Å²) in [5.74, 6) is 0.652. The molecular formula is C13H24N4O2. The summed E-state index contributed by atoms with van der Waals surface area (Å²) in [4.78, 5) is 15.7. The molecule has 2 bridgehead atoms. The van der Waals surface area contributed by atoms with Crippen LogP contribution in [-0.2, 0) is 9.53 Å². The second kappa shape index (κ2) is 6.75. The molecular weight excluding hydrogens is 244 g/mol. The molecule has 3 unspecified atom stereocenters. The maximum absolute atomic E-state index is 11.4. The highest BCUT2D eigenvalue weighted by atomic mass is 16.5. The Morgan fingerprint density at radius 1 is 1.26 bits per heavy atom. The zero-order valence-electron chi connectivity index (χ0n) is 11.7. The van der Waals surface area contributed by atoms with E-state index in [0.29, 0.717) is 30.8 Å². The van der Waals surface area contributed by atoms with Gasteiger partial charge >= 0.3 is 0 Å². The molecule has 6 nitrogen and oxygen atoms in total. The predicted molar refractivity (Wildman–Crippen MR) is 74.1 cm³/mol. The fraction of sp³-hybridized carbons (Fsp3) is 0.846. The van der Waals surface area contributed by atoms with E-state index in [-0.39, 0.29) is 12.5 Å². The number of nitrogens with one attached hydrogen (secondary N) is 3. The van der Waals surface area contributed by atoms with Crippen molar-refractivity contribution < 1.29 is 9.53 Å². The second-order valence-electron chi connectivity index (χ2n) is 5.01. The smallest absolute Gasteiger partial charge is 0.241 e. The molecule has 0 aliphatic carbocycles. The minimum Gasteiger partial charge on any atom is -0.373 e. The van der Waals surface area contributed by atoms with Gasteiger partial charge in [-0.3, -0.25) is 4.79 Å². The first kappa shape index (κ1) is 14.1. The van der Waals surface area contributed by atoms with Gasteiger partial charge in [-0.1, -0.05) is 0 Å². The number of hydrogen-bond acceptors (Lipinski definition) is 3. The lowest BCUT2D eigenvalue weighted by Crippen LogP contribution is -2.47. The largest absolute Gasteiger partial charge is 0.373 e. The van der Waals surface area contributed by atoms with Crippen LogP contribution in [0.2, 0.25) is 0 Å². The summed E-state index contributed by atoms with van der Waals surface area (Å²) in [7, 11) is 0. The van der Waals surface area contributed by atoms with Crippen LogP contribution in [0.3, 0.4) is 0 Å². The lowest BCUT2D eigenvalue weighted by molar-refractivity contribution is -0.119. The SMILES string of the molecule is CCNC(=O)CN=C(NCC)NC1CC2CCC1O2. The van der Waals surface area contributed by atoms with E-state index in [2.05, 4.69) is 20.9 Å². The van der Waals surface area contributed by atoms with Crippen LogP contribution in [-0.4, -0.2) is 49.8 Å². The van der Waals surface area contributed by atoms with Crippen LogP contribution < -0.4 is 16.0 Å².